The molecule has 5 nitrogen and oxygen atoms in total. The quantitative estimate of drug-likeness (QED) is 0.357. The van der Waals surface area contributed by atoms with Crippen molar-refractivity contribution in [3.63, 3.8) is 0 Å². The van der Waals surface area contributed by atoms with Gasteiger partial charge in [0.15, 0.2) is 0 Å². The highest BCUT2D eigenvalue weighted by atomic mass is 16.5. The predicted octanol–water partition coefficient (Wildman–Crippen LogP) is 0.0681. The third kappa shape index (κ3) is 1.53. The van der Waals surface area contributed by atoms with Crippen LogP contribution >= 0.6 is 0 Å². The van der Waals surface area contributed by atoms with Crippen molar-refractivity contribution < 1.29 is 19.1 Å². The van der Waals surface area contributed by atoms with E-state index in [1.165, 1.54) is 7.11 Å². The molecule has 0 bridgehead atoms. The number of carbonyl (C=O) groups excluding carboxylic acids is 3. The lowest BCUT2D eigenvalue weighted by atomic mass is 10.1. The molecule has 1 aliphatic heterocycles. The Bertz CT molecular complexity index is 321. The van der Waals surface area contributed by atoms with E-state index in [4.69, 9.17) is 0 Å². The fourth-order valence-corrected chi connectivity index (χ4v) is 1.28. The standard InChI is InChI=1S/C9H11NO4/c1-5-4-7(11)10(8(5)12)6(2)9(13)14-3/h5H,2,4H2,1,3H3/t5-/m1/s1. The highest BCUT2D eigenvalue weighted by molar-refractivity contribution is 6.09. The Balaban J connectivity index is 2.88. The van der Waals surface area contributed by atoms with Crippen molar-refractivity contribution in [1.82, 2.24) is 4.90 Å². The lowest BCUT2D eigenvalue weighted by Gasteiger charge is -2.14. The van der Waals surface area contributed by atoms with Gasteiger partial charge in [-0.2, -0.15) is 0 Å². The van der Waals surface area contributed by atoms with Crippen LogP contribution in [0.5, 0.6) is 0 Å². The fourth-order valence-electron chi connectivity index (χ4n) is 1.28. The molecule has 76 valence electrons. The molecule has 1 heterocycles. The van der Waals surface area contributed by atoms with Gasteiger partial charge in [-0.3, -0.25) is 9.59 Å². The highest BCUT2D eigenvalue weighted by Gasteiger charge is 2.39. The minimum absolute atomic E-state index is 0.120. The normalized spacial score (nSPS) is 21.3. The van der Waals surface area contributed by atoms with E-state index in [9.17, 15) is 14.4 Å². The molecule has 0 aromatic carbocycles. The summed E-state index contributed by atoms with van der Waals surface area (Å²) in [5.74, 6) is -1.95. The molecule has 1 rings (SSSR count). The van der Waals surface area contributed by atoms with Gasteiger partial charge in [-0.1, -0.05) is 13.5 Å². The summed E-state index contributed by atoms with van der Waals surface area (Å²) in [6.45, 7) is 4.98. The number of amides is 2. The zero-order chi connectivity index (χ0) is 10.9. The molecule has 1 atom stereocenters. The van der Waals surface area contributed by atoms with E-state index in [2.05, 4.69) is 11.3 Å². The maximum absolute atomic E-state index is 11.4. The Morgan fingerprint density at radius 2 is 2.14 bits per heavy atom. The molecule has 0 radical (unpaired) electrons. The molecule has 0 aromatic rings. The van der Waals surface area contributed by atoms with Gasteiger partial charge >= 0.3 is 5.97 Å². The first-order valence-corrected chi connectivity index (χ1v) is 4.13. The average molecular weight is 197 g/mol. The zero-order valence-electron chi connectivity index (χ0n) is 8.07. The molecule has 14 heavy (non-hydrogen) atoms. The van der Waals surface area contributed by atoms with Crippen molar-refractivity contribution >= 4 is 17.8 Å². The molecular weight excluding hydrogens is 186 g/mol. The first-order chi connectivity index (χ1) is 6.49. The van der Waals surface area contributed by atoms with Crippen molar-refractivity contribution in [2.45, 2.75) is 13.3 Å². The molecule has 0 spiro atoms. The summed E-state index contributed by atoms with van der Waals surface area (Å²) < 4.78 is 4.37. The summed E-state index contributed by atoms with van der Waals surface area (Å²) in [6.07, 6.45) is 0.120. The summed E-state index contributed by atoms with van der Waals surface area (Å²) in [6, 6.07) is 0. The van der Waals surface area contributed by atoms with Gasteiger partial charge in [0.2, 0.25) is 11.8 Å². The van der Waals surface area contributed by atoms with Crippen LogP contribution < -0.4 is 0 Å². The number of hydrogen-bond acceptors (Lipinski definition) is 4. The van der Waals surface area contributed by atoms with Crippen LogP contribution in [0.4, 0.5) is 0 Å². The Hall–Kier alpha value is -1.65. The van der Waals surface area contributed by atoms with Crippen LogP contribution in [0.1, 0.15) is 13.3 Å². The SMILES string of the molecule is C=C(C(=O)OC)N1C(=O)C[C@@H](C)C1=O. The average Bonchev–Trinajstić information content (AvgIpc) is 2.39. The maximum Gasteiger partial charge on any atom is 0.354 e. The minimum Gasteiger partial charge on any atom is -0.464 e. The van der Waals surface area contributed by atoms with E-state index < -0.39 is 17.8 Å². The molecular formula is C9H11NO4. The topological polar surface area (TPSA) is 63.7 Å². The number of ether oxygens (including phenoxy) is 1. The summed E-state index contributed by atoms with van der Waals surface area (Å²) in [7, 11) is 1.17. The van der Waals surface area contributed by atoms with Crippen LogP contribution in [0.15, 0.2) is 12.3 Å². The second-order valence-corrected chi connectivity index (χ2v) is 3.11. The fraction of sp³-hybridized carbons (Fsp3) is 0.444. The van der Waals surface area contributed by atoms with Gasteiger partial charge in [0.1, 0.15) is 5.70 Å². The van der Waals surface area contributed by atoms with Crippen molar-refractivity contribution in [3.05, 3.63) is 12.3 Å². The summed E-state index contributed by atoms with van der Waals surface area (Å²) in [5.41, 5.74) is -0.216. The lowest BCUT2D eigenvalue weighted by Crippen LogP contribution is -2.33. The van der Waals surface area contributed by atoms with Crippen LogP contribution in [0.25, 0.3) is 0 Å². The molecule has 1 saturated heterocycles. The number of hydrogen-bond donors (Lipinski definition) is 0. The zero-order valence-corrected chi connectivity index (χ0v) is 8.07. The second kappa shape index (κ2) is 3.61. The molecule has 0 aliphatic carbocycles. The van der Waals surface area contributed by atoms with Gasteiger partial charge in [0.05, 0.1) is 7.11 Å². The third-order valence-electron chi connectivity index (χ3n) is 2.06. The Labute approximate surface area is 81.3 Å². The third-order valence-corrected chi connectivity index (χ3v) is 2.06. The van der Waals surface area contributed by atoms with Crippen molar-refractivity contribution in [2.24, 2.45) is 5.92 Å². The summed E-state index contributed by atoms with van der Waals surface area (Å²) in [5, 5.41) is 0. The summed E-state index contributed by atoms with van der Waals surface area (Å²) in [4.78, 5) is 34.5. The number of likely N-dealkylation sites (tertiary alicyclic amines) is 1. The minimum atomic E-state index is -0.763. The number of rotatable bonds is 2. The monoisotopic (exact) mass is 197 g/mol. The largest absolute Gasteiger partial charge is 0.464 e. The van der Waals surface area contributed by atoms with Crippen molar-refractivity contribution in [2.75, 3.05) is 7.11 Å². The highest BCUT2D eigenvalue weighted by Crippen LogP contribution is 2.22. The molecule has 0 saturated carbocycles. The van der Waals surface area contributed by atoms with Gasteiger partial charge in [0, 0.05) is 12.3 Å². The lowest BCUT2D eigenvalue weighted by molar-refractivity contribution is -0.145. The van der Waals surface area contributed by atoms with E-state index in [-0.39, 0.29) is 18.0 Å². The molecule has 0 unspecified atom stereocenters. The van der Waals surface area contributed by atoms with Gasteiger partial charge < -0.3 is 4.74 Å². The van der Waals surface area contributed by atoms with Gasteiger partial charge in [-0.15, -0.1) is 0 Å². The number of carbonyl (C=O) groups is 3. The van der Waals surface area contributed by atoms with Crippen LogP contribution in [-0.4, -0.2) is 29.8 Å². The Morgan fingerprint density at radius 1 is 1.57 bits per heavy atom. The van der Waals surface area contributed by atoms with E-state index in [1.807, 2.05) is 0 Å². The second-order valence-electron chi connectivity index (χ2n) is 3.11. The van der Waals surface area contributed by atoms with Crippen LogP contribution in [0.2, 0.25) is 0 Å². The smallest absolute Gasteiger partial charge is 0.354 e. The van der Waals surface area contributed by atoms with Gasteiger partial charge in [0.25, 0.3) is 0 Å². The van der Waals surface area contributed by atoms with E-state index >= 15 is 0 Å². The maximum atomic E-state index is 11.4. The molecule has 0 N–H and O–H groups in total. The molecule has 2 amide bonds. The number of esters is 1. The first kappa shape index (κ1) is 10.4. The predicted molar refractivity (Wildman–Crippen MR) is 46.8 cm³/mol. The molecule has 1 fully saturated rings. The van der Waals surface area contributed by atoms with Crippen LogP contribution in [0.3, 0.4) is 0 Å². The number of imide groups is 1. The van der Waals surface area contributed by atoms with Crippen molar-refractivity contribution in [3.8, 4) is 0 Å². The number of nitrogens with zero attached hydrogens (tertiary/aromatic N) is 1. The number of methoxy groups -OCH3 is 1. The Kier molecular flexibility index (Phi) is 2.69. The van der Waals surface area contributed by atoms with E-state index in [0.717, 1.165) is 4.90 Å². The first-order valence-electron chi connectivity index (χ1n) is 4.13. The van der Waals surface area contributed by atoms with Gasteiger partial charge in [-0.25, -0.2) is 9.69 Å². The van der Waals surface area contributed by atoms with Crippen LogP contribution in [0, 0.1) is 5.92 Å². The van der Waals surface area contributed by atoms with Crippen molar-refractivity contribution in [1.29, 1.82) is 0 Å². The molecule has 5 heteroatoms. The Morgan fingerprint density at radius 3 is 2.50 bits per heavy atom. The van der Waals surface area contributed by atoms with Crippen LogP contribution in [-0.2, 0) is 19.1 Å². The molecule has 1 aliphatic rings. The van der Waals surface area contributed by atoms with E-state index in [1.54, 1.807) is 6.92 Å². The molecule has 0 aromatic heterocycles. The van der Waals surface area contributed by atoms with E-state index in [0.29, 0.717) is 0 Å². The van der Waals surface area contributed by atoms with Gasteiger partial charge in [-0.05, 0) is 0 Å². The summed E-state index contributed by atoms with van der Waals surface area (Å²) >= 11 is 0.